The second-order valence-electron chi connectivity index (χ2n) is 6.93. The maximum atomic E-state index is 12.3. The molecule has 2 heterocycles. The molecule has 0 saturated heterocycles. The highest BCUT2D eigenvalue weighted by Crippen LogP contribution is 2.24. The zero-order valence-electron chi connectivity index (χ0n) is 16.8. The molecule has 29 heavy (non-hydrogen) atoms. The van der Waals surface area contributed by atoms with E-state index in [1.165, 1.54) is 0 Å². The van der Waals surface area contributed by atoms with Gasteiger partial charge in [0.15, 0.2) is 10.8 Å². The van der Waals surface area contributed by atoms with Gasteiger partial charge in [-0.05, 0) is 35.9 Å². The Morgan fingerprint density at radius 2 is 2.00 bits per heavy atom. The lowest BCUT2D eigenvalue weighted by molar-refractivity contribution is 0.0952. The largest absolute Gasteiger partial charge is 0.369 e. The van der Waals surface area contributed by atoms with E-state index in [0.717, 1.165) is 38.8 Å². The Bertz CT molecular complexity index is 973. The molecule has 2 aromatic heterocycles. The molecule has 0 saturated carbocycles. The van der Waals surface area contributed by atoms with E-state index in [0.29, 0.717) is 24.6 Å². The van der Waals surface area contributed by atoms with Crippen LogP contribution in [-0.4, -0.2) is 44.5 Å². The summed E-state index contributed by atoms with van der Waals surface area (Å²) in [7, 11) is 0. The predicted octanol–water partition coefficient (Wildman–Crippen LogP) is 4.20. The standard InChI is InChI=1S/C20H25BrN6OS/c1-4-29-20-25-17(23-11-13(2)3)16-12-24-27(18(16)26-20)10-9-22-19(28)14-5-7-15(21)8-6-14/h5-8,12-13H,4,9-11H2,1-3H3,(H,22,28)(H,23,25,26). The van der Waals surface area contributed by atoms with Crippen LogP contribution < -0.4 is 10.6 Å². The van der Waals surface area contributed by atoms with Crippen molar-refractivity contribution in [2.45, 2.75) is 32.5 Å². The Kier molecular flexibility index (Phi) is 7.49. The van der Waals surface area contributed by atoms with Crippen LogP contribution in [0.25, 0.3) is 11.0 Å². The molecule has 0 aliphatic rings. The van der Waals surface area contributed by atoms with Crippen molar-refractivity contribution < 1.29 is 4.79 Å². The van der Waals surface area contributed by atoms with E-state index in [-0.39, 0.29) is 5.91 Å². The third kappa shape index (κ3) is 5.70. The summed E-state index contributed by atoms with van der Waals surface area (Å²) in [6.07, 6.45) is 1.79. The Morgan fingerprint density at radius 3 is 2.69 bits per heavy atom. The molecule has 0 spiro atoms. The van der Waals surface area contributed by atoms with Gasteiger partial charge in [0, 0.05) is 23.1 Å². The second kappa shape index (κ2) is 10.1. The number of halogens is 1. The number of carbonyl (C=O) groups excluding carboxylic acids is 1. The summed E-state index contributed by atoms with van der Waals surface area (Å²) in [6.45, 7) is 8.21. The molecule has 0 aliphatic carbocycles. The van der Waals surface area contributed by atoms with Gasteiger partial charge in [0.25, 0.3) is 5.91 Å². The van der Waals surface area contributed by atoms with Crippen LogP contribution in [0.2, 0.25) is 0 Å². The van der Waals surface area contributed by atoms with E-state index < -0.39 is 0 Å². The number of nitrogens with one attached hydrogen (secondary N) is 2. The molecule has 0 atom stereocenters. The molecule has 154 valence electrons. The van der Waals surface area contributed by atoms with Gasteiger partial charge >= 0.3 is 0 Å². The molecule has 7 nitrogen and oxygen atoms in total. The minimum absolute atomic E-state index is 0.106. The van der Waals surface area contributed by atoms with Crippen molar-refractivity contribution in [1.29, 1.82) is 0 Å². The average Bonchev–Trinajstić information content (AvgIpc) is 3.10. The van der Waals surface area contributed by atoms with Crippen LogP contribution in [0.5, 0.6) is 0 Å². The van der Waals surface area contributed by atoms with Crippen molar-refractivity contribution in [2.24, 2.45) is 5.92 Å². The van der Waals surface area contributed by atoms with Crippen molar-refractivity contribution in [2.75, 3.05) is 24.2 Å². The molecule has 0 aliphatic heterocycles. The predicted molar refractivity (Wildman–Crippen MR) is 122 cm³/mol. The normalized spacial score (nSPS) is 11.2. The minimum atomic E-state index is -0.106. The van der Waals surface area contributed by atoms with E-state index in [9.17, 15) is 4.79 Å². The van der Waals surface area contributed by atoms with E-state index >= 15 is 0 Å². The van der Waals surface area contributed by atoms with Gasteiger partial charge in [-0.3, -0.25) is 4.79 Å². The lowest BCUT2D eigenvalue weighted by Crippen LogP contribution is -2.27. The zero-order chi connectivity index (χ0) is 20.8. The zero-order valence-corrected chi connectivity index (χ0v) is 19.2. The highest BCUT2D eigenvalue weighted by atomic mass is 79.9. The fraction of sp³-hybridized carbons (Fsp3) is 0.400. The molecular formula is C20H25BrN6OS. The Balaban J connectivity index is 1.73. The monoisotopic (exact) mass is 476 g/mol. The smallest absolute Gasteiger partial charge is 0.251 e. The highest BCUT2D eigenvalue weighted by molar-refractivity contribution is 9.10. The molecule has 2 N–H and O–H groups in total. The fourth-order valence-corrected chi connectivity index (χ4v) is 3.54. The molecule has 3 rings (SSSR count). The van der Waals surface area contributed by atoms with Gasteiger partial charge < -0.3 is 10.6 Å². The molecule has 0 radical (unpaired) electrons. The first-order chi connectivity index (χ1) is 14.0. The first-order valence-electron chi connectivity index (χ1n) is 9.62. The third-order valence-corrected chi connectivity index (χ3v) is 5.40. The highest BCUT2D eigenvalue weighted by Gasteiger charge is 2.14. The van der Waals surface area contributed by atoms with Gasteiger partial charge in [-0.2, -0.15) is 5.10 Å². The maximum Gasteiger partial charge on any atom is 0.251 e. The first kappa shape index (κ1) is 21.6. The van der Waals surface area contributed by atoms with Gasteiger partial charge in [-0.1, -0.05) is 48.5 Å². The number of amides is 1. The summed E-state index contributed by atoms with van der Waals surface area (Å²) in [5.74, 6) is 2.10. The van der Waals surface area contributed by atoms with E-state index in [2.05, 4.69) is 62.4 Å². The third-order valence-electron chi connectivity index (χ3n) is 4.14. The second-order valence-corrected chi connectivity index (χ2v) is 9.08. The SMILES string of the molecule is CCSc1nc(NCC(C)C)c2cnn(CCNC(=O)c3ccc(Br)cc3)c2n1. The number of anilines is 1. The number of benzene rings is 1. The van der Waals surface area contributed by atoms with Crippen LogP contribution in [-0.2, 0) is 6.54 Å². The number of fused-ring (bicyclic) bond motifs is 1. The Morgan fingerprint density at radius 1 is 1.24 bits per heavy atom. The number of thioether (sulfide) groups is 1. The van der Waals surface area contributed by atoms with Gasteiger partial charge in [0.05, 0.1) is 18.1 Å². The Hall–Kier alpha value is -2.13. The van der Waals surface area contributed by atoms with E-state index in [1.54, 1.807) is 30.1 Å². The van der Waals surface area contributed by atoms with Crippen LogP contribution in [0.1, 0.15) is 31.1 Å². The van der Waals surface area contributed by atoms with Crippen LogP contribution in [0.4, 0.5) is 5.82 Å². The molecular weight excluding hydrogens is 452 g/mol. The quantitative estimate of drug-likeness (QED) is 0.355. The number of hydrogen-bond acceptors (Lipinski definition) is 6. The first-order valence-corrected chi connectivity index (χ1v) is 11.4. The molecule has 1 aromatic carbocycles. The summed E-state index contributed by atoms with van der Waals surface area (Å²) in [5.41, 5.74) is 1.41. The number of rotatable bonds is 9. The van der Waals surface area contributed by atoms with Gasteiger partial charge in [0.2, 0.25) is 0 Å². The molecule has 1 amide bonds. The summed E-state index contributed by atoms with van der Waals surface area (Å²) < 4.78 is 2.76. The van der Waals surface area contributed by atoms with Crippen LogP contribution in [0.3, 0.4) is 0 Å². The van der Waals surface area contributed by atoms with Crippen molar-refractivity contribution >= 4 is 50.5 Å². The molecule has 0 bridgehead atoms. The Labute approximate surface area is 183 Å². The summed E-state index contributed by atoms with van der Waals surface area (Å²) >= 11 is 4.98. The summed E-state index contributed by atoms with van der Waals surface area (Å²) in [4.78, 5) is 21.6. The van der Waals surface area contributed by atoms with E-state index in [1.807, 2.05) is 16.8 Å². The van der Waals surface area contributed by atoms with Crippen LogP contribution >= 0.6 is 27.7 Å². The van der Waals surface area contributed by atoms with E-state index in [4.69, 9.17) is 0 Å². The topological polar surface area (TPSA) is 84.7 Å². The number of hydrogen-bond donors (Lipinski definition) is 2. The number of nitrogens with zero attached hydrogens (tertiary/aromatic N) is 4. The van der Waals surface area contributed by atoms with Crippen molar-refractivity contribution in [3.63, 3.8) is 0 Å². The summed E-state index contributed by atoms with van der Waals surface area (Å²) in [5, 5.41) is 12.4. The minimum Gasteiger partial charge on any atom is -0.369 e. The van der Waals surface area contributed by atoms with Gasteiger partial charge in [0.1, 0.15) is 5.82 Å². The average molecular weight is 477 g/mol. The maximum absolute atomic E-state index is 12.3. The van der Waals surface area contributed by atoms with Crippen molar-refractivity contribution in [1.82, 2.24) is 25.1 Å². The summed E-state index contributed by atoms with van der Waals surface area (Å²) in [6, 6.07) is 7.28. The van der Waals surface area contributed by atoms with Crippen LogP contribution in [0, 0.1) is 5.92 Å². The van der Waals surface area contributed by atoms with Crippen LogP contribution in [0.15, 0.2) is 40.1 Å². The lowest BCUT2D eigenvalue weighted by atomic mass is 10.2. The van der Waals surface area contributed by atoms with Crippen molar-refractivity contribution in [3.8, 4) is 0 Å². The molecule has 9 heteroatoms. The van der Waals surface area contributed by atoms with Gasteiger partial charge in [-0.15, -0.1) is 0 Å². The van der Waals surface area contributed by atoms with Gasteiger partial charge in [-0.25, -0.2) is 14.6 Å². The molecule has 0 unspecified atom stereocenters. The number of aromatic nitrogens is 4. The lowest BCUT2D eigenvalue weighted by Gasteiger charge is -2.11. The molecule has 3 aromatic rings. The number of carbonyl (C=O) groups is 1. The molecule has 0 fully saturated rings. The fourth-order valence-electron chi connectivity index (χ4n) is 2.71. The van der Waals surface area contributed by atoms with Crippen molar-refractivity contribution in [3.05, 3.63) is 40.5 Å².